The van der Waals surface area contributed by atoms with Gasteiger partial charge in [0.1, 0.15) is 6.54 Å². The maximum atomic E-state index is 11.9. The minimum atomic E-state index is -0.708. The lowest BCUT2D eigenvalue weighted by Crippen LogP contribution is -2.20. The number of nitrogens with one attached hydrogen (secondary N) is 1. The largest absolute Gasteiger partial charge is 0.490 e. The number of hydrogen-bond acceptors (Lipinski definition) is 5. The number of aromatic nitrogens is 3. The molecule has 0 aliphatic carbocycles. The van der Waals surface area contributed by atoms with Crippen molar-refractivity contribution in [1.82, 2.24) is 14.8 Å². The number of para-hydroxylation sites is 1. The predicted octanol–water partition coefficient (Wildman–Crippen LogP) is 1.44. The zero-order chi connectivity index (χ0) is 14.7. The SMILES string of the molecule is Cc1cccc(C)c1NC(=O)Cn1cnc([N+](=O)[O-])n1. The summed E-state index contributed by atoms with van der Waals surface area (Å²) in [6.07, 6.45) is 1.16. The van der Waals surface area contributed by atoms with Crippen LogP contribution >= 0.6 is 0 Å². The normalized spacial score (nSPS) is 10.3. The molecule has 1 aromatic heterocycles. The number of nitro groups is 1. The summed E-state index contributed by atoms with van der Waals surface area (Å²) in [6.45, 7) is 3.65. The smallest absolute Gasteiger partial charge is 0.390 e. The van der Waals surface area contributed by atoms with Crippen LogP contribution in [-0.2, 0) is 11.3 Å². The Labute approximate surface area is 114 Å². The number of anilines is 1. The molecule has 0 fully saturated rings. The minimum Gasteiger partial charge on any atom is -0.390 e. The first-order valence-electron chi connectivity index (χ1n) is 5.87. The summed E-state index contributed by atoms with van der Waals surface area (Å²) in [5, 5.41) is 16.8. The van der Waals surface area contributed by atoms with Gasteiger partial charge in [0.2, 0.25) is 12.2 Å². The van der Waals surface area contributed by atoms with Crippen molar-refractivity contribution in [1.29, 1.82) is 0 Å². The van der Waals surface area contributed by atoms with E-state index in [9.17, 15) is 14.9 Å². The summed E-state index contributed by atoms with van der Waals surface area (Å²) in [7, 11) is 0. The third-order valence-electron chi connectivity index (χ3n) is 2.74. The van der Waals surface area contributed by atoms with Gasteiger partial charge in [0.05, 0.1) is 0 Å². The Balaban J connectivity index is 2.07. The number of amides is 1. The number of rotatable bonds is 4. The van der Waals surface area contributed by atoms with E-state index >= 15 is 0 Å². The Morgan fingerprint density at radius 1 is 1.40 bits per heavy atom. The van der Waals surface area contributed by atoms with Crippen LogP contribution in [-0.4, -0.2) is 25.6 Å². The minimum absolute atomic E-state index is 0.130. The van der Waals surface area contributed by atoms with Crippen molar-refractivity contribution in [2.24, 2.45) is 0 Å². The lowest BCUT2D eigenvalue weighted by molar-refractivity contribution is -0.394. The fraction of sp³-hybridized carbons (Fsp3) is 0.250. The van der Waals surface area contributed by atoms with E-state index in [1.54, 1.807) is 0 Å². The molecule has 2 rings (SSSR count). The molecule has 0 atom stereocenters. The van der Waals surface area contributed by atoms with Crippen molar-refractivity contribution in [3.63, 3.8) is 0 Å². The molecule has 0 aliphatic rings. The van der Waals surface area contributed by atoms with Gasteiger partial charge >= 0.3 is 5.95 Å². The number of carbonyl (C=O) groups excluding carboxylic acids is 1. The van der Waals surface area contributed by atoms with Crippen LogP contribution in [0.4, 0.5) is 11.6 Å². The number of hydrogen-bond donors (Lipinski definition) is 1. The molecule has 20 heavy (non-hydrogen) atoms. The lowest BCUT2D eigenvalue weighted by atomic mass is 10.1. The van der Waals surface area contributed by atoms with Gasteiger partial charge in [0.25, 0.3) is 0 Å². The summed E-state index contributed by atoms with van der Waals surface area (Å²) >= 11 is 0. The molecular formula is C12H13N5O3. The molecule has 1 aromatic carbocycles. The van der Waals surface area contributed by atoms with Crippen LogP contribution in [0.3, 0.4) is 0 Å². The lowest BCUT2D eigenvalue weighted by Gasteiger charge is -2.10. The molecule has 0 radical (unpaired) electrons. The van der Waals surface area contributed by atoms with Crippen LogP contribution < -0.4 is 5.32 Å². The van der Waals surface area contributed by atoms with Crippen LogP contribution in [0.2, 0.25) is 0 Å². The Morgan fingerprint density at radius 3 is 2.60 bits per heavy atom. The van der Waals surface area contributed by atoms with E-state index in [1.165, 1.54) is 0 Å². The van der Waals surface area contributed by atoms with Crippen molar-refractivity contribution >= 4 is 17.5 Å². The first-order valence-corrected chi connectivity index (χ1v) is 5.87. The molecule has 8 nitrogen and oxygen atoms in total. The van der Waals surface area contributed by atoms with E-state index in [4.69, 9.17) is 0 Å². The zero-order valence-corrected chi connectivity index (χ0v) is 11.0. The van der Waals surface area contributed by atoms with E-state index in [-0.39, 0.29) is 12.5 Å². The van der Waals surface area contributed by atoms with Crippen LogP contribution in [0.1, 0.15) is 11.1 Å². The Kier molecular flexibility index (Phi) is 3.74. The standard InChI is InChI=1S/C12H13N5O3/c1-8-4-3-5-9(2)11(8)14-10(18)6-16-7-13-12(15-16)17(19)20/h3-5,7H,6H2,1-2H3,(H,14,18). The van der Waals surface area contributed by atoms with Crippen molar-refractivity contribution in [2.75, 3.05) is 5.32 Å². The van der Waals surface area contributed by atoms with Gasteiger partial charge < -0.3 is 15.4 Å². The van der Waals surface area contributed by atoms with Crippen molar-refractivity contribution in [2.45, 2.75) is 20.4 Å². The third kappa shape index (κ3) is 2.97. The van der Waals surface area contributed by atoms with E-state index < -0.39 is 10.9 Å². The second-order valence-corrected chi connectivity index (χ2v) is 4.31. The van der Waals surface area contributed by atoms with Gasteiger partial charge in [-0.2, -0.15) is 4.68 Å². The summed E-state index contributed by atoms with van der Waals surface area (Å²) in [5.41, 5.74) is 2.64. The van der Waals surface area contributed by atoms with Crippen molar-refractivity contribution in [3.05, 3.63) is 45.8 Å². The molecular weight excluding hydrogens is 262 g/mol. The maximum Gasteiger partial charge on any atom is 0.490 e. The van der Waals surface area contributed by atoms with E-state index in [0.29, 0.717) is 0 Å². The highest BCUT2D eigenvalue weighted by Gasteiger charge is 2.15. The van der Waals surface area contributed by atoms with E-state index in [0.717, 1.165) is 27.8 Å². The van der Waals surface area contributed by atoms with Crippen LogP contribution in [0.5, 0.6) is 0 Å². The average Bonchev–Trinajstić information content (AvgIpc) is 2.82. The van der Waals surface area contributed by atoms with Gasteiger partial charge in [-0.05, 0) is 29.9 Å². The molecule has 1 heterocycles. The molecule has 0 saturated carbocycles. The number of benzene rings is 1. The molecule has 0 unspecified atom stereocenters. The Morgan fingerprint density at radius 2 is 2.05 bits per heavy atom. The second kappa shape index (κ2) is 5.47. The Bertz CT molecular complexity index is 645. The highest BCUT2D eigenvalue weighted by atomic mass is 16.6. The first-order chi connectivity index (χ1) is 9.47. The second-order valence-electron chi connectivity index (χ2n) is 4.31. The summed E-state index contributed by atoms with van der Waals surface area (Å²) in [6, 6.07) is 5.69. The van der Waals surface area contributed by atoms with Crippen LogP contribution in [0, 0.1) is 24.0 Å². The fourth-order valence-corrected chi connectivity index (χ4v) is 1.78. The maximum absolute atomic E-state index is 11.9. The molecule has 8 heteroatoms. The van der Waals surface area contributed by atoms with Crippen LogP contribution in [0.25, 0.3) is 0 Å². The number of nitrogens with zero attached hydrogens (tertiary/aromatic N) is 4. The molecule has 0 aliphatic heterocycles. The highest BCUT2D eigenvalue weighted by Crippen LogP contribution is 2.19. The fourth-order valence-electron chi connectivity index (χ4n) is 1.78. The molecule has 1 amide bonds. The van der Waals surface area contributed by atoms with Gasteiger partial charge in [0, 0.05) is 10.8 Å². The molecule has 2 aromatic rings. The number of carbonyl (C=O) groups is 1. The Hall–Kier alpha value is -2.77. The molecule has 104 valence electrons. The number of aryl methyl sites for hydroxylation is 2. The molecule has 0 spiro atoms. The molecule has 0 bridgehead atoms. The van der Waals surface area contributed by atoms with Crippen LogP contribution in [0.15, 0.2) is 24.5 Å². The first kappa shape index (κ1) is 13.7. The van der Waals surface area contributed by atoms with Gasteiger partial charge in [0.15, 0.2) is 0 Å². The quantitative estimate of drug-likeness (QED) is 0.671. The topological polar surface area (TPSA) is 103 Å². The summed E-state index contributed by atoms with van der Waals surface area (Å²) in [4.78, 5) is 25.1. The molecule has 0 saturated heterocycles. The predicted molar refractivity (Wildman–Crippen MR) is 71.2 cm³/mol. The third-order valence-corrected chi connectivity index (χ3v) is 2.74. The summed E-state index contributed by atoms with van der Waals surface area (Å²) < 4.78 is 1.13. The van der Waals surface area contributed by atoms with Crippen molar-refractivity contribution in [3.8, 4) is 0 Å². The molecule has 1 N–H and O–H groups in total. The highest BCUT2D eigenvalue weighted by molar-refractivity contribution is 5.92. The van der Waals surface area contributed by atoms with E-state index in [2.05, 4.69) is 15.4 Å². The van der Waals surface area contributed by atoms with Crippen molar-refractivity contribution < 1.29 is 9.72 Å². The van der Waals surface area contributed by atoms with Gasteiger partial charge in [-0.3, -0.25) is 4.79 Å². The van der Waals surface area contributed by atoms with E-state index in [1.807, 2.05) is 32.0 Å². The zero-order valence-electron chi connectivity index (χ0n) is 11.0. The van der Waals surface area contributed by atoms with Gasteiger partial charge in [-0.1, -0.05) is 23.2 Å². The monoisotopic (exact) mass is 275 g/mol. The average molecular weight is 275 g/mol. The van der Waals surface area contributed by atoms with Gasteiger partial charge in [-0.15, -0.1) is 0 Å². The van der Waals surface area contributed by atoms with Gasteiger partial charge in [-0.25, -0.2) is 0 Å². The summed E-state index contributed by atoms with van der Waals surface area (Å²) in [5.74, 6) is -0.841.